The minimum atomic E-state index is 0.703. The number of hydrogen-bond acceptors (Lipinski definition) is 4. The van der Waals surface area contributed by atoms with Crippen LogP contribution in [0, 0.1) is 0 Å². The predicted molar refractivity (Wildman–Crippen MR) is 229 cm³/mol. The van der Waals surface area contributed by atoms with Crippen LogP contribution < -0.4 is 4.90 Å². The zero-order valence-electron chi connectivity index (χ0n) is 29.9. The average Bonchev–Trinajstić information content (AvgIpc) is 3.27. The molecule has 0 saturated carbocycles. The lowest BCUT2D eigenvalue weighted by Crippen LogP contribution is -2.11. The molecule has 0 radical (unpaired) electrons. The molecule has 0 aliphatic carbocycles. The van der Waals surface area contributed by atoms with Crippen LogP contribution in [0.1, 0.15) is 0 Å². The van der Waals surface area contributed by atoms with Crippen LogP contribution in [-0.4, -0.2) is 15.0 Å². The van der Waals surface area contributed by atoms with E-state index in [-0.39, 0.29) is 0 Å². The summed E-state index contributed by atoms with van der Waals surface area (Å²) in [4.78, 5) is 18.0. The van der Waals surface area contributed by atoms with E-state index in [0.717, 1.165) is 83.5 Å². The minimum absolute atomic E-state index is 0.703. The summed E-state index contributed by atoms with van der Waals surface area (Å²) in [5.74, 6) is 0.703. The molecule has 0 amide bonds. The summed E-state index contributed by atoms with van der Waals surface area (Å²) in [5.41, 5.74) is 11.0. The van der Waals surface area contributed by atoms with Crippen molar-refractivity contribution in [2.45, 2.75) is 0 Å². The SMILES string of the molecule is c1ccc(-c2cc(-c3ccc4c(ccc5c(-c6ccccc6)nc6c(N(c7ccccc7)c7ccccc7)cccc6c54)c3)nc(-c3ccccc3)n2)cc1. The molecule has 0 aliphatic heterocycles. The summed E-state index contributed by atoms with van der Waals surface area (Å²) in [7, 11) is 0. The lowest BCUT2D eigenvalue weighted by molar-refractivity contribution is 1.18. The second-order valence-electron chi connectivity index (χ2n) is 13.6. The smallest absolute Gasteiger partial charge is 0.160 e. The standard InChI is InChI=1S/C51H34N4/c1-6-17-35(18-7-1)45-34-46(53-51(52-45)37-21-10-3-11-22-37)39-30-31-42-38(33-39)29-32-44-48(42)43-27-16-28-47(50(43)54-49(44)36-19-8-2-9-20-36)55(40-23-12-4-13-24-40)41-25-14-5-15-26-41/h1-34H. The van der Waals surface area contributed by atoms with Gasteiger partial charge in [-0.2, -0.15) is 0 Å². The molecule has 258 valence electrons. The van der Waals surface area contributed by atoms with Gasteiger partial charge in [0, 0.05) is 49.8 Å². The lowest BCUT2D eigenvalue weighted by atomic mass is 9.93. The van der Waals surface area contributed by atoms with Gasteiger partial charge in [-0.05, 0) is 53.2 Å². The van der Waals surface area contributed by atoms with Crippen molar-refractivity contribution in [3.63, 3.8) is 0 Å². The Balaban J connectivity index is 1.22. The number of hydrogen-bond donors (Lipinski definition) is 0. The largest absolute Gasteiger partial charge is 0.308 e. The molecule has 4 heteroatoms. The van der Waals surface area contributed by atoms with Gasteiger partial charge in [0.25, 0.3) is 0 Å². The first-order valence-corrected chi connectivity index (χ1v) is 18.5. The Morgan fingerprint density at radius 3 is 1.53 bits per heavy atom. The molecule has 0 fully saturated rings. The van der Waals surface area contributed by atoms with Gasteiger partial charge in [-0.1, -0.05) is 164 Å². The lowest BCUT2D eigenvalue weighted by Gasteiger charge is -2.27. The van der Waals surface area contributed by atoms with Crippen molar-refractivity contribution in [2.75, 3.05) is 4.90 Å². The number of rotatable bonds is 7. The van der Waals surface area contributed by atoms with E-state index < -0.39 is 0 Å². The number of nitrogens with zero attached hydrogens (tertiary/aromatic N) is 4. The van der Waals surface area contributed by atoms with Crippen molar-refractivity contribution in [3.8, 4) is 45.2 Å². The fraction of sp³-hybridized carbons (Fsp3) is 0. The van der Waals surface area contributed by atoms with Crippen molar-refractivity contribution >= 4 is 49.5 Å². The average molecular weight is 703 g/mol. The van der Waals surface area contributed by atoms with Crippen LogP contribution in [0.4, 0.5) is 17.1 Å². The minimum Gasteiger partial charge on any atom is -0.308 e. The van der Waals surface area contributed by atoms with Gasteiger partial charge in [0.2, 0.25) is 0 Å². The zero-order valence-corrected chi connectivity index (χ0v) is 29.9. The van der Waals surface area contributed by atoms with Crippen LogP contribution >= 0.6 is 0 Å². The van der Waals surface area contributed by atoms with Crippen molar-refractivity contribution in [3.05, 3.63) is 206 Å². The summed E-state index contributed by atoms with van der Waals surface area (Å²) >= 11 is 0. The van der Waals surface area contributed by atoms with E-state index in [1.807, 2.05) is 36.4 Å². The van der Waals surface area contributed by atoms with Crippen LogP contribution in [-0.2, 0) is 0 Å². The van der Waals surface area contributed by atoms with E-state index in [9.17, 15) is 0 Å². The van der Waals surface area contributed by atoms with Crippen LogP contribution in [0.25, 0.3) is 77.6 Å². The van der Waals surface area contributed by atoms with Crippen LogP contribution in [0.3, 0.4) is 0 Å². The first-order valence-electron chi connectivity index (χ1n) is 18.5. The molecule has 0 unspecified atom stereocenters. The Hall–Kier alpha value is -7.43. The van der Waals surface area contributed by atoms with Gasteiger partial charge >= 0.3 is 0 Å². The van der Waals surface area contributed by atoms with E-state index in [1.165, 1.54) is 5.39 Å². The van der Waals surface area contributed by atoms with E-state index in [2.05, 4.69) is 175 Å². The fourth-order valence-electron chi connectivity index (χ4n) is 7.65. The highest BCUT2D eigenvalue weighted by molar-refractivity contribution is 6.24. The van der Waals surface area contributed by atoms with Gasteiger partial charge in [0.1, 0.15) is 0 Å². The second kappa shape index (κ2) is 13.8. The molecule has 0 bridgehead atoms. The fourth-order valence-corrected chi connectivity index (χ4v) is 7.65. The van der Waals surface area contributed by atoms with Crippen molar-refractivity contribution < 1.29 is 0 Å². The van der Waals surface area contributed by atoms with E-state index in [0.29, 0.717) is 5.82 Å². The molecule has 10 rings (SSSR count). The Morgan fingerprint density at radius 2 is 0.891 bits per heavy atom. The molecule has 0 N–H and O–H groups in total. The Morgan fingerprint density at radius 1 is 0.345 bits per heavy atom. The molecule has 10 aromatic rings. The first kappa shape index (κ1) is 32.2. The summed E-state index contributed by atoms with van der Waals surface area (Å²) < 4.78 is 0. The van der Waals surface area contributed by atoms with Crippen molar-refractivity contribution in [1.29, 1.82) is 0 Å². The Bertz CT molecular complexity index is 2850. The third kappa shape index (κ3) is 5.96. The van der Waals surface area contributed by atoms with Gasteiger partial charge in [-0.25, -0.2) is 15.0 Å². The van der Waals surface area contributed by atoms with Crippen LogP contribution in [0.5, 0.6) is 0 Å². The highest BCUT2D eigenvalue weighted by Gasteiger charge is 2.20. The molecule has 0 aliphatic rings. The maximum atomic E-state index is 5.54. The summed E-state index contributed by atoms with van der Waals surface area (Å²) in [5, 5.41) is 5.68. The molecule has 0 saturated heterocycles. The van der Waals surface area contributed by atoms with Gasteiger partial charge < -0.3 is 4.90 Å². The van der Waals surface area contributed by atoms with Crippen LogP contribution in [0.2, 0.25) is 0 Å². The topological polar surface area (TPSA) is 41.9 Å². The number of para-hydroxylation sites is 3. The molecule has 4 nitrogen and oxygen atoms in total. The third-order valence-electron chi connectivity index (χ3n) is 10.2. The van der Waals surface area contributed by atoms with Gasteiger partial charge in [-0.3, -0.25) is 0 Å². The number of aromatic nitrogens is 3. The second-order valence-corrected chi connectivity index (χ2v) is 13.6. The Labute approximate surface area is 319 Å². The number of anilines is 3. The monoisotopic (exact) mass is 702 g/mol. The molecular formula is C51H34N4. The molecule has 2 aromatic heterocycles. The Kier molecular flexibility index (Phi) is 8.12. The maximum absolute atomic E-state index is 5.54. The maximum Gasteiger partial charge on any atom is 0.160 e. The first-order chi connectivity index (χ1) is 27.3. The quantitative estimate of drug-likeness (QED) is 0.155. The zero-order chi connectivity index (χ0) is 36.6. The van der Waals surface area contributed by atoms with Crippen molar-refractivity contribution in [2.24, 2.45) is 0 Å². The molecule has 55 heavy (non-hydrogen) atoms. The molecule has 8 aromatic carbocycles. The van der Waals surface area contributed by atoms with Gasteiger partial charge in [0.05, 0.1) is 28.3 Å². The predicted octanol–water partition coefficient (Wildman–Crippen LogP) is 13.5. The van der Waals surface area contributed by atoms with Crippen LogP contribution in [0.15, 0.2) is 206 Å². The highest BCUT2D eigenvalue weighted by Crippen LogP contribution is 2.44. The van der Waals surface area contributed by atoms with Gasteiger partial charge in [-0.15, -0.1) is 0 Å². The normalized spacial score (nSPS) is 11.3. The highest BCUT2D eigenvalue weighted by atomic mass is 15.1. The number of fused-ring (bicyclic) bond motifs is 5. The number of benzene rings is 8. The van der Waals surface area contributed by atoms with E-state index >= 15 is 0 Å². The molecule has 0 atom stereocenters. The van der Waals surface area contributed by atoms with E-state index in [1.54, 1.807) is 0 Å². The van der Waals surface area contributed by atoms with E-state index in [4.69, 9.17) is 15.0 Å². The summed E-state index contributed by atoms with van der Waals surface area (Å²) in [6, 6.07) is 72.0. The van der Waals surface area contributed by atoms with Crippen molar-refractivity contribution in [1.82, 2.24) is 15.0 Å². The number of pyridine rings is 1. The summed E-state index contributed by atoms with van der Waals surface area (Å²) in [6.07, 6.45) is 0. The molecular weight excluding hydrogens is 669 g/mol. The summed E-state index contributed by atoms with van der Waals surface area (Å²) in [6.45, 7) is 0. The molecule has 0 spiro atoms. The molecule has 2 heterocycles. The van der Waals surface area contributed by atoms with Gasteiger partial charge in [0.15, 0.2) is 5.82 Å². The third-order valence-corrected chi connectivity index (χ3v) is 10.2.